The van der Waals surface area contributed by atoms with Gasteiger partial charge in [0.05, 0.1) is 0 Å². The minimum atomic E-state index is 0.817. The van der Waals surface area contributed by atoms with Crippen LogP contribution in [-0.2, 0) is 7.05 Å². The molecule has 72 valence electrons. The molecule has 0 bridgehead atoms. The summed E-state index contributed by atoms with van der Waals surface area (Å²) in [5.74, 6) is 0.817. The summed E-state index contributed by atoms with van der Waals surface area (Å²) in [7, 11) is 2.13. The molecule has 0 spiro atoms. The van der Waals surface area contributed by atoms with Gasteiger partial charge in [0.2, 0.25) is 0 Å². The largest absolute Gasteiger partial charge is 0.350 e. The fourth-order valence-corrected chi connectivity index (χ4v) is 2.72. The number of benzene rings is 1. The molecule has 3 rings (SSSR count). The van der Waals surface area contributed by atoms with Crippen LogP contribution in [0.5, 0.6) is 0 Å². The maximum Gasteiger partial charge on any atom is 0.0492 e. The van der Waals surface area contributed by atoms with E-state index in [0.717, 1.165) is 5.92 Å². The Kier molecular flexibility index (Phi) is 1.75. The summed E-state index contributed by atoms with van der Waals surface area (Å²) in [6, 6.07) is 6.42. The minimum Gasteiger partial charge on any atom is -0.350 e. The molecule has 0 saturated heterocycles. The van der Waals surface area contributed by atoms with Crippen molar-refractivity contribution in [3.63, 3.8) is 0 Å². The number of fused-ring (bicyclic) bond motifs is 1. The van der Waals surface area contributed by atoms with Gasteiger partial charge in [0.15, 0.2) is 0 Å². The standard InChI is InChI=1S/C12H12BrN/c1-14-7-9(8-5-6-8)12-10(13)3-2-4-11(12)14/h2-4,7-8H,5-6H2,1H3. The molecular formula is C12H12BrN. The first-order chi connectivity index (χ1) is 6.77. The smallest absolute Gasteiger partial charge is 0.0492 e. The van der Waals surface area contributed by atoms with Gasteiger partial charge in [0, 0.05) is 28.6 Å². The van der Waals surface area contributed by atoms with Crippen LogP contribution < -0.4 is 0 Å². The Morgan fingerprint density at radius 2 is 2.14 bits per heavy atom. The molecule has 2 heteroatoms. The molecule has 0 atom stereocenters. The van der Waals surface area contributed by atoms with Crippen LogP contribution in [0.2, 0.25) is 0 Å². The number of aryl methyl sites for hydroxylation is 1. The molecular weight excluding hydrogens is 238 g/mol. The fourth-order valence-electron chi connectivity index (χ4n) is 2.14. The zero-order valence-corrected chi connectivity index (χ0v) is 9.71. The van der Waals surface area contributed by atoms with Crippen LogP contribution in [0, 0.1) is 0 Å². The van der Waals surface area contributed by atoms with E-state index in [0.29, 0.717) is 0 Å². The molecule has 14 heavy (non-hydrogen) atoms. The molecule has 1 aliphatic rings. The van der Waals surface area contributed by atoms with Crippen molar-refractivity contribution in [2.75, 3.05) is 0 Å². The van der Waals surface area contributed by atoms with Gasteiger partial charge in [0.25, 0.3) is 0 Å². The van der Waals surface area contributed by atoms with Gasteiger partial charge >= 0.3 is 0 Å². The molecule has 1 fully saturated rings. The van der Waals surface area contributed by atoms with E-state index in [2.05, 4.69) is 51.9 Å². The summed E-state index contributed by atoms with van der Waals surface area (Å²) in [5, 5.41) is 1.41. The lowest BCUT2D eigenvalue weighted by molar-refractivity contribution is 0.952. The van der Waals surface area contributed by atoms with Crippen molar-refractivity contribution >= 4 is 26.8 Å². The van der Waals surface area contributed by atoms with E-state index in [1.165, 1.54) is 33.8 Å². The van der Waals surface area contributed by atoms with E-state index in [9.17, 15) is 0 Å². The summed E-state index contributed by atoms with van der Waals surface area (Å²) in [4.78, 5) is 0. The molecule has 1 saturated carbocycles. The monoisotopic (exact) mass is 249 g/mol. The first kappa shape index (κ1) is 8.54. The molecule has 1 aromatic carbocycles. The average molecular weight is 250 g/mol. The Balaban J connectivity index is 2.39. The lowest BCUT2D eigenvalue weighted by atomic mass is 10.1. The highest BCUT2D eigenvalue weighted by Crippen LogP contribution is 2.45. The first-order valence-corrected chi connectivity index (χ1v) is 5.80. The molecule has 2 aromatic rings. The van der Waals surface area contributed by atoms with Crippen molar-refractivity contribution in [3.8, 4) is 0 Å². The molecule has 1 aromatic heterocycles. The number of nitrogens with zero attached hydrogens (tertiary/aromatic N) is 1. The number of aromatic nitrogens is 1. The van der Waals surface area contributed by atoms with Crippen molar-refractivity contribution in [1.82, 2.24) is 4.57 Å². The van der Waals surface area contributed by atoms with Gasteiger partial charge in [-0.15, -0.1) is 0 Å². The summed E-state index contributed by atoms with van der Waals surface area (Å²) in [5.41, 5.74) is 2.86. The van der Waals surface area contributed by atoms with Crippen LogP contribution in [0.1, 0.15) is 24.3 Å². The second kappa shape index (κ2) is 2.86. The minimum absolute atomic E-state index is 0.817. The van der Waals surface area contributed by atoms with Gasteiger partial charge < -0.3 is 4.57 Å². The zero-order valence-electron chi connectivity index (χ0n) is 8.13. The highest BCUT2D eigenvalue weighted by Gasteiger charge is 2.27. The van der Waals surface area contributed by atoms with Gasteiger partial charge in [-0.2, -0.15) is 0 Å². The average Bonchev–Trinajstić information content (AvgIpc) is 2.94. The van der Waals surface area contributed by atoms with E-state index >= 15 is 0 Å². The van der Waals surface area contributed by atoms with E-state index in [4.69, 9.17) is 0 Å². The Morgan fingerprint density at radius 3 is 2.86 bits per heavy atom. The second-order valence-electron chi connectivity index (χ2n) is 4.10. The van der Waals surface area contributed by atoms with Crippen molar-refractivity contribution < 1.29 is 0 Å². The quantitative estimate of drug-likeness (QED) is 0.725. The number of hydrogen-bond donors (Lipinski definition) is 0. The summed E-state index contributed by atoms with van der Waals surface area (Å²) < 4.78 is 3.46. The Hall–Kier alpha value is -0.760. The summed E-state index contributed by atoms with van der Waals surface area (Å²) in [6.45, 7) is 0. The van der Waals surface area contributed by atoms with Crippen LogP contribution in [0.15, 0.2) is 28.9 Å². The highest BCUT2D eigenvalue weighted by atomic mass is 79.9. The number of hydrogen-bond acceptors (Lipinski definition) is 0. The third-order valence-electron chi connectivity index (χ3n) is 3.01. The van der Waals surface area contributed by atoms with Crippen molar-refractivity contribution in [1.29, 1.82) is 0 Å². The van der Waals surface area contributed by atoms with Gasteiger partial charge in [-0.3, -0.25) is 0 Å². The van der Waals surface area contributed by atoms with Crippen LogP contribution in [0.4, 0.5) is 0 Å². The van der Waals surface area contributed by atoms with Crippen molar-refractivity contribution in [2.45, 2.75) is 18.8 Å². The molecule has 0 amide bonds. The SMILES string of the molecule is Cn1cc(C2CC2)c2c(Br)cccc21. The van der Waals surface area contributed by atoms with Gasteiger partial charge in [-0.05, 0) is 36.5 Å². The van der Waals surface area contributed by atoms with E-state index in [1.54, 1.807) is 0 Å². The predicted octanol–water partition coefficient (Wildman–Crippen LogP) is 3.82. The Labute approximate surface area is 91.9 Å². The van der Waals surface area contributed by atoms with E-state index < -0.39 is 0 Å². The van der Waals surface area contributed by atoms with E-state index in [-0.39, 0.29) is 0 Å². The molecule has 1 aliphatic carbocycles. The normalized spacial score (nSPS) is 16.4. The van der Waals surface area contributed by atoms with Gasteiger partial charge in [-0.25, -0.2) is 0 Å². The molecule has 0 unspecified atom stereocenters. The molecule has 1 heterocycles. The van der Waals surface area contributed by atoms with E-state index in [1.807, 2.05) is 0 Å². The number of halogens is 1. The molecule has 1 nitrogen and oxygen atoms in total. The zero-order chi connectivity index (χ0) is 9.71. The van der Waals surface area contributed by atoms with Crippen LogP contribution in [0.25, 0.3) is 10.9 Å². The molecule has 0 N–H and O–H groups in total. The van der Waals surface area contributed by atoms with Crippen LogP contribution in [-0.4, -0.2) is 4.57 Å². The fraction of sp³-hybridized carbons (Fsp3) is 0.333. The van der Waals surface area contributed by atoms with Gasteiger partial charge in [-0.1, -0.05) is 22.0 Å². The van der Waals surface area contributed by atoms with Gasteiger partial charge in [0.1, 0.15) is 0 Å². The second-order valence-corrected chi connectivity index (χ2v) is 4.96. The Morgan fingerprint density at radius 1 is 1.36 bits per heavy atom. The molecule has 0 radical (unpaired) electrons. The van der Waals surface area contributed by atoms with Crippen molar-refractivity contribution in [3.05, 3.63) is 34.4 Å². The number of rotatable bonds is 1. The predicted molar refractivity (Wildman–Crippen MR) is 62.6 cm³/mol. The lowest BCUT2D eigenvalue weighted by Gasteiger charge is -1.98. The van der Waals surface area contributed by atoms with Crippen LogP contribution in [0.3, 0.4) is 0 Å². The molecule has 0 aliphatic heterocycles. The maximum atomic E-state index is 3.64. The third kappa shape index (κ3) is 1.13. The lowest BCUT2D eigenvalue weighted by Crippen LogP contribution is -1.82. The third-order valence-corrected chi connectivity index (χ3v) is 3.67. The first-order valence-electron chi connectivity index (χ1n) is 5.01. The summed E-state index contributed by atoms with van der Waals surface area (Å²) in [6.07, 6.45) is 5.01. The topological polar surface area (TPSA) is 4.93 Å². The maximum absolute atomic E-state index is 3.64. The highest BCUT2D eigenvalue weighted by molar-refractivity contribution is 9.10. The van der Waals surface area contributed by atoms with Crippen LogP contribution >= 0.6 is 15.9 Å². The summed E-state index contributed by atoms with van der Waals surface area (Å²) >= 11 is 3.64. The Bertz CT molecular complexity index is 494. The van der Waals surface area contributed by atoms with Crippen molar-refractivity contribution in [2.24, 2.45) is 7.05 Å².